The molecular formula is C18H12ClN5O. The average Bonchev–Trinajstić information content (AvgIpc) is 3.02. The van der Waals surface area contributed by atoms with Gasteiger partial charge in [0, 0.05) is 40.4 Å². The second-order valence-corrected chi connectivity index (χ2v) is 6.07. The largest absolute Gasteiger partial charge is 0.380 e. The number of H-pyrrole nitrogens is 1. The van der Waals surface area contributed by atoms with Crippen molar-refractivity contribution in [2.45, 2.75) is 6.54 Å². The van der Waals surface area contributed by atoms with Crippen LogP contribution in [0.2, 0.25) is 5.02 Å². The monoisotopic (exact) mass is 349 g/mol. The van der Waals surface area contributed by atoms with E-state index in [1.807, 2.05) is 36.5 Å². The number of nitrogens with one attached hydrogen (secondary N) is 2. The van der Waals surface area contributed by atoms with Gasteiger partial charge in [-0.15, -0.1) is 0 Å². The zero-order valence-corrected chi connectivity index (χ0v) is 13.7. The van der Waals surface area contributed by atoms with Crippen molar-refractivity contribution in [3.63, 3.8) is 0 Å². The predicted molar refractivity (Wildman–Crippen MR) is 96.8 cm³/mol. The summed E-state index contributed by atoms with van der Waals surface area (Å²) in [6, 6.07) is 12.9. The van der Waals surface area contributed by atoms with Crippen LogP contribution in [0.25, 0.3) is 16.6 Å². The smallest absolute Gasteiger partial charge is 0.253 e. The molecule has 0 bridgehead atoms. The molecule has 4 rings (SSSR count). The topological polar surface area (TPSA) is 86.0 Å². The summed E-state index contributed by atoms with van der Waals surface area (Å²) in [5.41, 5.74) is 3.10. The summed E-state index contributed by atoms with van der Waals surface area (Å²) in [5.74, 6) is 0. The minimum Gasteiger partial charge on any atom is -0.380 e. The number of hydrogen-bond donors (Lipinski definition) is 2. The number of imidazole rings is 1. The molecule has 1 aromatic carbocycles. The minimum atomic E-state index is -0.141. The molecule has 122 valence electrons. The first kappa shape index (κ1) is 15.2. The lowest BCUT2D eigenvalue weighted by molar-refractivity contribution is 1.08. The number of nitriles is 1. The zero-order valence-electron chi connectivity index (χ0n) is 13.0. The molecule has 2 N–H and O–H groups in total. The molecule has 0 fully saturated rings. The molecule has 0 saturated carbocycles. The van der Waals surface area contributed by atoms with Gasteiger partial charge in [0.05, 0.1) is 5.69 Å². The number of aromatic nitrogens is 3. The first-order chi connectivity index (χ1) is 12.1. The van der Waals surface area contributed by atoms with E-state index >= 15 is 0 Å². The Morgan fingerprint density at radius 1 is 1.24 bits per heavy atom. The Bertz CT molecular complexity index is 1200. The molecule has 0 atom stereocenters. The maximum atomic E-state index is 12.2. The number of anilines is 1. The van der Waals surface area contributed by atoms with E-state index in [1.54, 1.807) is 22.7 Å². The standard InChI is InChI=1S/C18H12ClN5O/c19-13-1-3-16-11(6-13)5-12(18(25)23-16)8-21-14-2-4-17-22-15(7-20)10-24(17)9-14/h1-6,9-10,21H,8H2,(H,23,25). The van der Waals surface area contributed by atoms with Gasteiger partial charge in [-0.2, -0.15) is 5.26 Å². The normalized spacial score (nSPS) is 10.9. The highest BCUT2D eigenvalue weighted by molar-refractivity contribution is 6.31. The second-order valence-electron chi connectivity index (χ2n) is 5.63. The molecule has 0 radical (unpaired) electrons. The number of aromatic amines is 1. The third-order valence-electron chi connectivity index (χ3n) is 3.93. The molecular weight excluding hydrogens is 338 g/mol. The van der Waals surface area contributed by atoms with E-state index in [1.165, 1.54) is 0 Å². The Morgan fingerprint density at radius 2 is 2.12 bits per heavy atom. The van der Waals surface area contributed by atoms with Gasteiger partial charge in [0.25, 0.3) is 5.56 Å². The summed E-state index contributed by atoms with van der Waals surface area (Å²) in [7, 11) is 0. The highest BCUT2D eigenvalue weighted by Gasteiger charge is 2.05. The minimum absolute atomic E-state index is 0.141. The summed E-state index contributed by atoms with van der Waals surface area (Å²) in [6.45, 7) is 0.364. The van der Waals surface area contributed by atoms with Gasteiger partial charge in [0.15, 0.2) is 5.69 Å². The molecule has 0 saturated heterocycles. The van der Waals surface area contributed by atoms with Gasteiger partial charge in [0.2, 0.25) is 0 Å². The maximum Gasteiger partial charge on any atom is 0.253 e. The summed E-state index contributed by atoms with van der Waals surface area (Å²) < 4.78 is 1.77. The molecule has 3 aromatic heterocycles. The third-order valence-corrected chi connectivity index (χ3v) is 4.17. The van der Waals surface area contributed by atoms with Gasteiger partial charge in [-0.25, -0.2) is 4.98 Å². The number of rotatable bonds is 3. The molecule has 0 unspecified atom stereocenters. The SMILES string of the molecule is N#Cc1cn2cc(NCc3cc4cc(Cl)ccc4[nH]c3=O)ccc2n1. The van der Waals surface area contributed by atoms with Crippen molar-refractivity contribution in [1.29, 1.82) is 5.26 Å². The predicted octanol–water partition coefficient (Wildman–Crippen LogP) is 3.31. The number of benzene rings is 1. The third kappa shape index (κ3) is 2.93. The van der Waals surface area contributed by atoms with Crippen LogP contribution in [0.15, 0.2) is 53.6 Å². The Balaban J connectivity index is 1.62. The van der Waals surface area contributed by atoms with Gasteiger partial charge in [0.1, 0.15) is 11.7 Å². The van der Waals surface area contributed by atoms with E-state index in [0.29, 0.717) is 28.5 Å². The van der Waals surface area contributed by atoms with Crippen molar-refractivity contribution < 1.29 is 0 Å². The van der Waals surface area contributed by atoms with Gasteiger partial charge < -0.3 is 14.7 Å². The van der Waals surface area contributed by atoms with Crippen LogP contribution in [0, 0.1) is 11.3 Å². The van der Waals surface area contributed by atoms with Crippen LogP contribution >= 0.6 is 11.6 Å². The molecule has 0 aliphatic rings. The van der Waals surface area contributed by atoms with Crippen LogP contribution in [-0.4, -0.2) is 14.4 Å². The second kappa shape index (κ2) is 5.96. The number of fused-ring (bicyclic) bond motifs is 2. The summed E-state index contributed by atoms with van der Waals surface area (Å²) in [4.78, 5) is 19.2. The van der Waals surface area contributed by atoms with E-state index < -0.39 is 0 Å². The van der Waals surface area contributed by atoms with Crippen molar-refractivity contribution >= 4 is 33.8 Å². The lowest BCUT2D eigenvalue weighted by atomic mass is 10.1. The molecule has 25 heavy (non-hydrogen) atoms. The molecule has 4 aromatic rings. The lowest BCUT2D eigenvalue weighted by Crippen LogP contribution is -2.15. The van der Waals surface area contributed by atoms with Crippen molar-refractivity contribution in [2.75, 3.05) is 5.32 Å². The highest BCUT2D eigenvalue weighted by Crippen LogP contribution is 2.18. The number of pyridine rings is 2. The molecule has 7 heteroatoms. The fourth-order valence-electron chi connectivity index (χ4n) is 2.70. The fourth-order valence-corrected chi connectivity index (χ4v) is 2.88. The quantitative estimate of drug-likeness (QED) is 0.594. The molecule has 0 spiro atoms. The molecule has 0 amide bonds. The van der Waals surface area contributed by atoms with Crippen LogP contribution in [0.4, 0.5) is 5.69 Å². The highest BCUT2D eigenvalue weighted by atomic mass is 35.5. The summed E-state index contributed by atoms with van der Waals surface area (Å²) in [6.07, 6.45) is 3.49. The Morgan fingerprint density at radius 3 is 2.96 bits per heavy atom. The number of hydrogen-bond acceptors (Lipinski definition) is 4. The maximum absolute atomic E-state index is 12.2. The van der Waals surface area contributed by atoms with Crippen LogP contribution in [0.3, 0.4) is 0 Å². The van der Waals surface area contributed by atoms with E-state index in [0.717, 1.165) is 16.6 Å². The van der Waals surface area contributed by atoms with E-state index in [9.17, 15) is 4.79 Å². The first-order valence-electron chi connectivity index (χ1n) is 7.56. The molecule has 3 heterocycles. The fraction of sp³-hybridized carbons (Fsp3) is 0.0556. The summed E-state index contributed by atoms with van der Waals surface area (Å²) in [5, 5.41) is 13.6. The molecule has 0 aliphatic heterocycles. The molecule has 0 aliphatic carbocycles. The first-order valence-corrected chi connectivity index (χ1v) is 7.94. The summed E-state index contributed by atoms with van der Waals surface area (Å²) >= 11 is 6.01. The Hall–Kier alpha value is -3.30. The van der Waals surface area contributed by atoms with Crippen LogP contribution < -0.4 is 10.9 Å². The van der Waals surface area contributed by atoms with Crippen LogP contribution in [0.1, 0.15) is 11.3 Å². The number of nitrogens with zero attached hydrogens (tertiary/aromatic N) is 3. The van der Waals surface area contributed by atoms with Crippen molar-refractivity contribution in [2.24, 2.45) is 0 Å². The lowest BCUT2D eigenvalue weighted by Gasteiger charge is -2.08. The van der Waals surface area contributed by atoms with Gasteiger partial charge in [-0.3, -0.25) is 4.79 Å². The van der Waals surface area contributed by atoms with Crippen molar-refractivity contribution in [1.82, 2.24) is 14.4 Å². The number of halogens is 1. The van der Waals surface area contributed by atoms with E-state index in [2.05, 4.69) is 15.3 Å². The van der Waals surface area contributed by atoms with Crippen LogP contribution in [0.5, 0.6) is 0 Å². The van der Waals surface area contributed by atoms with Crippen molar-refractivity contribution in [3.05, 3.63) is 75.4 Å². The molecule has 6 nitrogen and oxygen atoms in total. The Kier molecular flexibility index (Phi) is 3.64. The zero-order chi connectivity index (χ0) is 17.4. The van der Waals surface area contributed by atoms with Gasteiger partial charge >= 0.3 is 0 Å². The van der Waals surface area contributed by atoms with Gasteiger partial charge in [-0.1, -0.05) is 11.6 Å². The Labute approximate surface area is 147 Å². The van der Waals surface area contributed by atoms with Crippen molar-refractivity contribution in [3.8, 4) is 6.07 Å². The van der Waals surface area contributed by atoms with E-state index in [4.69, 9.17) is 16.9 Å². The average molecular weight is 350 g/mol. The van der Waals surface area contributed by atoms with Gasteiger partial charge in [-0.05, 0) is 36.4 Å². The van der Waals surface area contributed by atoms with E-state index in [-0.39, 0.29) is 5.56 Å². The van der Waals surface area contributed by atoms with Crippen LogP contribution in [-0.2, 0) is 6.54 Å².